The summed E-state index contributed by atoms with van der Waals surface area (Å²) in [7, 11) is 1.71. The van der Waals surface area contributed by atoms with Crippen LogP contribution in [0, 0.1) is 0 Å². The van der Waals surface area contributed by atoms with E-state index in [-0.39, 0.29) is 0 Å². The van der Waals surface area contributed by atoms with Crippen LogP contribution in [0.15, 0.2) is 55.1 Å². The van der Waals surface area contributed by atoms with Gasteiger partial charge >= 0.3 is 0 Å². The first kappa shape index (κ1) is 11.6. The Hall–Kier alpha value is -1.86. The summed E-state index contributed by atoms with van der Waals surface area (Å²) in [6.07, 6.45) is 1.89. The van der Waals surface area contributed by atoms with Crippen LogP contribution in [0.1, 0.15) is 11.1 Å². The Morgan fingerprint density at radius 3 is 2.41 bits per heavy atom. The molecule has 1 nitrogen and oxygen atoms in total. The molecule has 2 aromatic rings. The molecular formula is C16H16O. The van der Waals surface area contributed by atoms with Crippen LogP contribution in [0.4, 0.5) is 0 Å². The minimum atomic E-state index is 0.656. The Kier molecular flexibility index (Phi) is 3.73. The van der Waals surface area contributed by atoms with E-state index in [1.54, 1.807) is 7.11 Å². The molecule has 0 saturated heterocycles. The van der Waals surface area contributed by atoms with E-state index < -0.39 is 0 Å². The van der Waals surface area contributed by atoms with Crippen LogP contribution in [0.25, 0.3) is 17.2 Å². The summed E-state index contributed by atoms with van der Waals surface area (Å²) in [5, 5.41) is 0. The van der Waals surface area contributed by atoms with Crippen molar-refractivity contribution < 1.29 is 4.74 Å². The molecular weight excluding hydrogens is 208 g/mol. The molecule has 0 spiro atoms. The molecule has 0 unspecified atom stereocenters. The van der Waals surface area contributed by atoms with Crippen LogP contribution in [0.2, 0.25) is 0 Å². The molecule has 0 aliphatic carbocycles. The Morgan fingerprint density at radius 2 is 1.76 bits per heavy atom. The number of rotatable bonds is 4. The summed E-state index contributed by atoms with van der Waals surface area (Å²) >= 11 is 0. The Bertz CT molecular complexity index is 497. The summed E-state index contributed by atoms with van der Waals surface area (Å²) in [6.45, 7) is 4.50. The normalized spacial score (nSPS) is 10.2. The molecule has 17 heavy (non-hydrogen) atoms. The predicted octanol–water partition coefficient (Wildman–Crippen LogP) is 4.14. The topological polar surface area (TPSA) is 9.23 Å². The van der Waals surface area contributed by atoms with Gasteiger partial charge in [0, 0.05) is 7.11 Å². The smallest absolute Gasteiger partial charge is 0.0713 e. The van der Waals surface area contributed by atoms with Gasteiger partial charge < -0.3 is 4.74 Å². The van der Waals surface area contributed by atoms with E-state index in [1.165, 1.54) is 16.7 Å². The van der Waals surface area contributed by atoms with Gasteiger partial charge in [-0.25, -0.2) is 0 Å². The Balaban J connectivity index is 2.36. The van der Waals surface area contributed by atoms with Gasteiger partial charge in [-0.3, -0.25) is 0 Å². The summed E-state index contributed by atoms with van der Waals surface area (Å²) in [5.41, 5.74) is 4.77. The zero-order valence-electron chi connectivity index (χ0n) is 10.0. The van der Waals surface area contributed by atoms with Crippen molar-refractivity contribution in [3.63, 3.8) is 0 Å². The molecule has 0 radical (unpaired) electrons. The van der Waals surface area contributed by atoms with Gasteiger partial charge in [-0.1, -0.05) is 61.2 Å². The van der Waals surface area contributed by atoms with E-state index in [0.29, 0.717) is 6.61 Å². The molecule has 0 aromatic heterocycles. The van der Waals surface area contributed by atoms with Crippen LogP contribution in [-0.2, 0) is 11.3 Å². The van der Waals surface area contributed by atoms with Gasteiger partial charge in [-0.15, -0.1) is 0 Å². The molecule has 2 aromatic carbocycles. The maximum atomic E-state index is 5.10. The molecule has 0 amide bonds. The maximum absolute atomic E-state index is 5.10. The van der Waals surface area contributed by atoms with Crippen LogP contribution in [-0.4, -0.2) is 7.11 Å². The molecule has 86 valence electrons. The minimum Gasteiger partial charge on any atom is -0.380 e. The summed E-state index contributed by atoms with van der Waals surface area (Å²) in [6, 6.07) is 16.7. The van der Waals surface area contributed by atoms with Crippen LogP contribution in [0.3, 0.4) is 0 Å². The van der Waals surface area contributed by atoms with Gasteiger partial charge in [0.15, 0.2) is 0 Å². The highest BCUT2D eigenvalue weighted by Gasteiger charge is 2.01. The molecule has 0 aliphatic heterocycles. The lowest BCUT2D eigenvalue weighted by Crippen LogP contribution is -1.88. The van der Waals surface area contributed by atoms with Crippen LogP contribution >= 0.6 is 0 Å². The molecule has 0 bridgehead atoms. The molecule has 0 fully saturated rings. The second kappa shape index (κ2) is 5.46. The summed E-state index contributed by atoms with van der Waals surface area (Å²) in [4.78, 5) is 0. The van der Waals surface area contributed by atoms with Crippen LogP contribution < -0.4 is 0 Å². The van der Waals surface area contributed by atoms with Crippen molar-refractivity contribution >= 4 is 6.08 Å². The van der Waals surface area contributed by atoms with E-state index in [1.807, 2.05) is 18.2 Å². The third-order valence-corrected chi connectivity index (χ3v) is 2.76. The molecule has 2 rings (SSSR count). The monoisotopic (exact) mass is 224 g/mol. The highest BCUT2D eigenvalue weighted by atomic mass is 16.5. The highest BCUT2D eigenvalue weighted by molar-refractivity contribution is 5.74. The third kappa shape index (κ3) is 2.63. The molecule has 1 heteroatoms. The summed E-state index contributed by atoms with van der Waals surface area (Å²) < 4.78 is 5.10. The molecule has 0 saturated carbocycles. The quantitative estimate of drug-likeness (QED) is 0.758. The van der Waals surface area contributed by atoms with E-state index in [2.05, 4.69) is 43.0 Å². The van der Waals surface area contributed by atoms with Gasteiger partial charge in [0.2, 0.25) is 0 Å². The minimum absolute atomic E-state index is 0.656. The third-order valence-electron chi connectivity index (χ3n) is 2.76. The first-order valence-corrected chi connectivity index (χ1v) is 5.65. The SMILES string of the molecule is C=Cc1ccccc1-c1ccc(COC)cc1. The fourth-order valence-corrected chi connectivity index (χ4v) is 1.89. The predicted molar refractivity (Wildman–Crippen MR) is 72.7 cm³/mol. The first-order valence-electron chi connectivity index (χ1n) is 5.65. The highest BCUT2D eigenvalue weighted by Crippen LogP contribution is 2.24. The zero-order valence-corrected chi connectivity index (χ0v) is 10.0. The second-order valence-corrected chi connectivity index (χ2v) is 3.92. The van der Waals surface area contributed by atoms with Gasteiger partial charge in [0.05, 0.1) is 6.61 Å². The average molecular weight is 224 g/mol. The fourth-order valence-electron chi connectivity index (χ4n) is 1.89. The van der Waals surface area contributed by atoms with E-state index in [0.717, 1.165) is 5.56 Å². The van der Waals surface area contributed by atoms with Crippen molar-refractivity contribution in [2.75, 3.05) is 7.11 Å². The van der Waals surface area contributed by atoms with Gasteiger partial charge in [-0.2, -0.15) is 0 Å². The van der Waals surface area contributed by atoms with Crippen molar-refractivity contribution in [3.8, 4) is 11.1 Å². The fraction of sp³-hybridized carbons (Fsp3) is 0.125. The molecule has 0 N–H and O–H groups in total. The Morgan fingerprint density at radius 1 is 1.06 bits per heavy atom. The number of hydrogen-bond donors (Lipinski definition) is 0. The van der Waals surface area contributed by atoms with Crippen molar-refractivity contribution in [2.45, 2.75) is 6.61 Å². The zero-order chi connectivity index (χ0) is 12.1. The Labute approximate surface area is 102 Å². The van der Waals surface area contributed by atoms with E-state index >= 15 is 0 Å². The van der Waals surface area contributed by atoms with Gasteiger partial charge in [-0.05, 0) is 22.3 Å². The largest absolute Gasteiger partial charge is 0.380 e. The standard InChI is InChI=1S/C16H16O/c1-3-14-6-4-5-7-16(14)15-10-8-13(9-11-15)12-17-2/h3-11H,1,12H2,2H3. The lowest BCUT2D eigenvalue weighted by atomic mass is 9.99. The molecule has 0 atom stereocenters. The number of ether oxygens (including phenoxy) is 1. The van der Waals surface area contributed by atoms with E-state index in [9.17, 15) is 0 Å². The first-order chi connectivity index (χ1) is 8.35. The van der Waals surface area contributed by atoms with Gasteiger partial charge in [0.25, 0.3) is 0 Å². The average Bonchev–Trinajstić information content (AvgIpc) is 2.40. The lowest BCUT2D eigenvalue weighted by molar-refractivity contribution is 0.185. The number of hydrogen-bond acceptors (Lipinski definition) is 1. The van der Waals surface area contributed by atoms with Gasteiger partial charge in [0.1, 0.15) is 0 Å². The summed E-state index contributed by atoms with van der Waals surface area (Å²) in [5.74, 6) is 0. The van der Waals surface area contributed by atoms with Crippen molar-refractivity contribution in [1.82, 2.24) is 0 Å². The van der Waals surface area contributed by atoms with Crippen molar-refractivity contribution in [2.24, 2.45) is 0 Å². The molecule has 0 heterocycles. The second-order valence-electron chi connectivity index (χ2n) is 3.92. The van der Waals surface area contributed by atoms with Crippen molar-refractivity contribution in [3.05, 3.63) is 66.2 Å². The number of methoxy groups -OCH3 is 1. The van der Waals surface area contributed by atoms with E-state index in [4.69, 9.17) is 4.74 Å². The maximum Gasteiger partial charge on any atom is 0.0713 e. The molecule has 0 aliphatic rings. The lowest BCUT2D eigenvalue weighted by Gasteiger charge is -2.07. The van der Waals surface area contributed by atoms with Crippen molar-refractivity contribution in [1.29, 1.82) is 0 Å². The number of benzene rings is 2. The van der Waals surface area contributed by atoms with Crippen LogP contribution in [0.5, 0.6) is 0 Å².